The van der Waals surface area contributed by atoms with Gasteiger partial charge in [-0.05, 0) is 60.7 Å². The number of carboxylic acid groups (broad SMARTS) is 2. The normalized spacial score (nSPS) is 45.5. The minimum absolute atomic E-state index is 0.128. The molecule has 4 saturated carbocycles. The zero-order chi connectivity index (χ0) is 14.6. The van der Waals surface area contributed by atoms with Crippen LogP contribution in [0.5, 0.6) is 0 Å². The number of carbonyl (C=O) groups is 2. The largest absolute Gasteiger partial charge is 0.481 e. The minimum Gasteiger partial charge on any atom is -0.481 e. The van der Waals surface area contributed by atoms with Gasteiger partial charge in [-0.3, -0.25) is 9.59 Å². The van der Waals surface area contributed by atoms with Crippen molar-refractivity contribution < 1.29 is 19.8 Å². The predicted molar refractivity (Wildman–Crippen MR) is 73.3 cm³/mol. The molecule has 4 fully saturated rings. The third-order valence-electron chi connectivity index (χ3n) is 6.22. The van der Waals surface area contributed by atoms with E-state index in [1.165, 1.54) is 6.42 Å². The van der Waals surface area contributed by atoms with Crippen LogP contribution in [0, 0.1) is 22.2 Å². The van der Waals surface area contributed by atoms with Crippen molar-refractivity contribution in [1.82, 2.24) is 0 Å². The Balaban J connectivity index is 1.96. The van der Waals surface area contributed by atoms with Gasteiger partial charge in [0.1, 0.15) is 0 Å². The standard InChI is InChI=1S/C16H24O4/c1-2-14-3-11-4-15(8-14,6-12(17)18)10-16(5-11,9-14)7-13(19)20/h11H,2-10H2,1H3,(H,17,18)(H,19,20)/t11?,14?,15-,16+. The highest BCUT2D eigenvalue weighted by Crippen LogP contribution is 2.72. The molecule has 0 aromatic rings. The van der Waals surface area contributed by atoms with Crippen LogP contribution in [0.2, 0.25) is 0 Å². The molecule has 0 amide bonds. The monoisotopic (exact) mass is 280 g/mol. The molecule has 0 aromatic heterocycles. The molecule has 4 aliphatic rings. The molecule has 4 nitrogen and oxygen atoms in total. The van der Waals surface area contributed by atoms with Crippen molar-refractivity contribution in [2.45, 2.75) is 64.7 Å². The second-order valence-electron chi connectivity index (χ2n) is 8.00. The van der Waals surface area contributed by atoms with E-state index in [0.717, 1.165) is 38.5 Å². The average Bonchev–Trinajstić information content (AvgIpc) is 2.23. The van der Waals surface area contributed by atoms with Gasteiger partial charge in [-0.15, -0.1) is 0 Å². The van der Waals surface area contributed by atoms with Gasteiger partial charge < -0.3 is 10.2 Å². The Bertz CT molecular complexity index is 423. The average molecular weight is 280 g/mol. The number of aliphatic carboxylic acids is 2. The van der Waals surface area contributed by atoms with Crippen LogP contribution < -0.4 is 0 Å². The van der Waals surface area contributed by atoms with E-state index in [-0.39, 0.29) is 29.1 Å². The highest BCUT2D eigenvalue weighted by Gasteiger charge is 2.63. The summed E-state index contributed by atoms with van der Waals surface area (Å²) in [7, 11) is 0. The summed E-state index contributed by atoms with van der Waals surface area (Å²) in [6, 6.07) is 0. The number of hydrogen-bond donors (Lipinski definition) is 2. The molecule has 0 aliphatic heterocycles. The van der Waals surface area contributed by atoms with E-state index in [9.17, 15) is 19.8 Å². The molecule has 20 heavy (non-hydrogen) atoms. The van der Waals surface area contributed by atoms with Gasteiger partial charge in [0, 0.05) is 0 Å². The zero-order valence-corrected chi connectivity index (χ0v) is 12.2. The third-order valence-corrected chi connectivity index (χ3v) is 6.22. The van der Waals surface area contributed by atoms with Gasteiger partial charge in [0.2, 0.25) is 0 Å². The summed E-state index contributed by atoms with van der Waals surface area (Å²) >= 11 is 0. The molecule has 4 bridgehead atoms. The van der Waals surface area contributed by atoms with E-state index < -0.39 is 11.9 Å². The fraction of sp³-hybridized carbons (Fsp3) is 0.875. The predicted octanol–water partition coefficient (Wildman–Crippen LogP) is 3.30. The SMILES string of the molecule is CCC12CC3C[C@@](CC(=O)O)(C1)C[C@](CC(=O)O)(C3)C2. The van der Waals surface area contributed by atoms with Crippen molar-refractivity contribution in [3.8, 4) is 0 Å². The quantitative estimate of drug-likeness (QED) is 0.810. The number of carboxylic acids is 2. The van der Waals surface area contributed by atoms with Gasteiger partial charge in [0.15, 0.2) is 0 Å². The molecule has 4 aliphatic carbocycles. The first-order valence-electron chi connectivity index (χ1n) is 7.74. The summed E-state index contributed by atoms with van der Waals surface area (Å²) in [6.07, 6.45) is 7.53. The summed E-state index contributed by atoms with van der Waals surface area (Å²) in [6.45, 7) is 2.19. The molecule has 4 rings (SSSR count). The Morgan fingerprint density at radius 1 is 0.900 bits per heavy atom. The zero-order valence-electron chi connectivity index (χ0n) is 12.2. The van der Waals surface area contributed by atoms with E-state index in [4.69, 9.17) is 0 Å². The smallest absolute Gasteiger partial charge is 0.303 e. The Morgan fingerprint density at radius 2 is 1.30 bits per heavy atom. The summed E-state index contributed by atoms with van der Waals surface area (Å²) in [5, 5.41) is 18.6. The maximum absolute atomic E-state index is 11.3. The Kier molecular flexibility index (Phi) is 2.93. The molecule has 0 spiro atoms. The fourth-order valence-electron chi connectivity index (χ4n) is 6.49. The first kappa shape index (κ1) is 13.9. The third kappa shape index (κ3) is 2.13. The molecule has 112 valence electrons. The molecule has 0 heterocycles. The molecular weight excluding hydrogens is 256 g/mol. The summed E-state index contributed by atoms with van der Waals surface area (Å²) in [4.78, 5) is 22.6. The van der Waals surface area contributed by atoms with Crippen molar-refractivity contribution >= 4 is 11.9 Å². The molecular formula is C16H24O4. The fourth-order valence-corrected chi connectivity index (χ4v) is 6.49. The molecule has 0 radical (unpaired) electrons. The van der Waals surface area contributed by atoms with Crippen molar-refractivity contribution in [2.75, 3.05) is 0 Å². The lowest BCUT2D eigenvalue weighted by Gasteiger charge is -2.66. The van der Waals surface area contributed by atoms with Crippen LogP contribution >= 0.6 is 0 Å². The highest BCUT2D eigenvalue weighted by molar-refractivity contribution is 5.69. The van der Waals surface area contributed by atoms with E-state index in [1.54, 1.807) is 0 Å². The summed E-state index contributed by atoms with van der Waals surface area (Å²) < 4.78 is 0. The maximum Gasteiger partial charge on any atom is 0.303 e. The summed E-state index contributed by atoms with van der Waals surface area (Å²) in [5.74, 6) is -0.891. The Labute approximate surface area is 119 Å². The number of hydrogen-bond acceptors (Lipinski definition) is 2. The van der Waals surface area contributed by atoms with Crippen molar-refractivity contribution in [1.29, 1.82) is 0 Å². The molecule has 0 saturated heterocycles. The van der Waals surface area contributed by atoms with Gasteiger partial charge in [-0.2, -0.15) is 0 Å². The first-order chi connectivity index (χ1) is 9.30. The minimum atomic E-state index is -0.719. The summed E-state index contributed by atoms with van der Waals surface area (Å²) in [5.41, 5.74) is -0.0439. The first-order valence-corrected chi connectivity index (χ1v) is 7.74. The molecule has 4 atom stereocenters. The Hall–Kier alpha value is -1.06. The number of rotatable bonds is 5. The van der Waals surface area contributed by atoms with Gasteiger partial charge in [-0.25, -0.2) is 0 Å². The molecule has 4 heteroatoms. The van der Waals surface area contributed by atoms with Crippen LogP contribution in [0.1, 0.15) is 64.7 Å². The second kappa shape index (κ2) is 4.22. The van der Waals surface area contributed by atoms with Gasteiger partial charge in [0.25, 0.3) is 0 Å². The van der Waals surface area contributed by atoms with Crippen molar-refractivity contribution in [3.05, 3.63) is 0 Å². The van der Waals surface area contributed by atoms with E-state index in [1.807, 2.05) is 0 Å². The van der Waals surface area contributed by atoms with Gasteiger partial charge in [0.05, 0.1) is 12.8 Å². The second-order valence-corrected chi connectivity index (χ2v) is 8.00. The maximum atomic E-state index is 11.3. The van der Waals surface area contributed by atoms with Gasteiger partial charge >= 0.3 is 11.9 Å². The highest BCUT2D eigenvalue weighted by atomic mass is 16.4. The van der Waals surface area contributed by atoms with Crippen LogP contribution in [0.15, 0.2) is 0 Å². The van der Waals surface area contributed by atoms with Crippen LogP contribution in [0.25, 0.3) is 0 Å². The van der Waals surface area contributed by atoms with E-state index in [0.29, 0.717) is 5.92 Å². The van der Waals surface area contributed by atoms with E-state index in [2.05, 4.69) is 6.92 Å². The van der Waals surface area contributed by atoms with Crippen LogP contribution in [-0.2, 0) is 9.59 Å². The topological polar surface area (TPSA) is 74.6 Å². The molecule has 0 aromatic carbocycles. The van der Waals surface area contributed by atoms with Crippen molar-refractivity contribution in [3.63, 3.8) is 0 Å². The lowest BCUT2D eigenvalue weighted by Crippen LogP contribution is -2.57. The van der Waals surface area contributed by atoms with Gasteiger partial charge in [-0.1, -0.05) is 13.3 Å². The Morgan fingerprint density at radius 3 is 1.70 bits per heavy atom. The van der Waals surface area contributed by atoms with Crippen LogP contribution in [-0.4, -0.2) is 22.2 Å². The molecule has 2 unspecified atom stereocenters. The lowest BCUT2D eigenvalue weighted by atomic mass is 9.38. The van der Waals surface area contributed by atoms with E-state index >= 15 is 0 Å². The van der Waals surface area contributed by atoms with Crippen molar-refractivity contribution in [2.24, 2.45) is 22.2 Å². The van der Waals surface area contributed by atoms with Crippen LogP contribution in [0.4, 0.5) is 0 Å². The molecule has 2 N–H and O–H groups in total. The lowest BCUT2D eigenvalue weighted by molar-refractivity contribution is -0.180. The van der Waals surface area contributed by atoms with Crippen LogP contribution in [0.3, 0.4) is 0 Å².